The first-order valence-corrected chi connectivity index (χ1v) is 15.2. The van der Waals surface area contributed by atoms with E-state index in [0.717, 1.165) is 82.9 Å². The normalized spacial score (nSPS) is 14.3. The Balaban J connectivity index is 0.984. The standard InChI is InChI=1S/C35H36ClN5O2/c1-43-35(42)27-8-10-29-31-23-37-14-11-30(31)34(40-33(29)20-27)39-15-18-41-16-12-24(13-17-41)21-38-22-25-7-9-28(32(36)19-25)26-5-3-2-4-6-26/h2-11,14,19-20,23-24,38H,12-13,15-18,21-22H2,1H3,(H,39,40). The molecule has 0 amide bonds. The average molecular weight is 594 g/mol. The fourth-order valence-electron chi connectivity index (χ4n) is 5.92. The third-order valence-corrected chi connectivity index (χ3v) is 8.64. The Morgan fingerprint density at radius 2 is 1.84 bits per heavy atom. The van der Waals surface area contributed by atoms with Crippen LogP contribution in [0.5, 0.6) is 0 Å². The van der Waals surface area contributed by atoms with E-state index in [2.05, 4.69) is 50.8 Å². The number of fused-ring (bicyclic) bond motifs is 3. The van der Waals surface area contributed by atoms with Crippen molar-refractivity contribution in [3.8, 4) is 11.1 Å². The van der Waals surface area contributed by atoms with Crippen molar-refractivity contribution in [1.82, 2.24) is 20.2 Å². The second-order valence-corrected chi connectivity index (χ2v) is 11.5. The van der Waals surface area contributed by atoms with Crippen LogP contribution in [0.1, 0.15) is 28.8 Å². The first-order valence-electron chi connectivity index (χ1n) is 14.9. The smallest absolute Gasteiger partial charge is 0.337 e. The summed E-state index contributed by atoms with van der Waals surface area (Å²) in [6, 6.07) is 24.1. The highest BCUT2D eigenvalue weighted by Crippen LogP contribution is 2.30. The third kappa shape index (κ3) is 6.80. The number of piperidine rings is 1. The lowest BCUT2D eigenvalue weighted by molar-refractivity contribution is 0.0601. The van der Waals surface area contributed by atoms with Gasteiger partial charge in [-0.3, -0.25) is 4.98 Å². The zero-order valence-electron chi connectivity index (χ0n) is 24.4. The summed E-state index contributed by atoms with van der Waals surface area (Å²) >= 11 is 6.60. The van der Waals surface area contributed by atoms with Crippen molar-refractivity contribution in [2.24, 2.45) is 5.92 Å². The number of nitrogens with one attached hydrogen (secondary N) is 2. The lowest BCUT2D eigenvalue weighted by Crippen LogP contribution is -2.39. The number of esters is 1. The van der Waals surface area contributed by atoms with Crippen LogP contribution in [0, 0.1) is 5.92 Å². The molecular weight excluding hydrogens is 558 g/mol. The summed E-state index contributed by atoms with van der Waals surface area (Å²) in [5.74, 6) is 1.11. The fourth-order valence-corrected chi connectivity index (χ4v) is 6.23. The number of rotatable bonds is 10. The number of nitrogens with zero attached hydrogens (tertiary/aromatic N) is 3. The van der Waals surface area contributed by atoms with Crippen molar-refractivity contribution in [2.75, 3.05) is 45.2 Å². The predicted molar refractivity (Wildman–Crippen MR) is 175 cm³/mol. The van der Waals surface area contributed by atoms with Gasteiger partial charge in [-0.25, -0.2) is 9.78 Å². The van der Waals surface area contributed by atoms with Crippen molar-refractivity contribution in [3.63, 3.8) is 0 Å². The number of hydrogen-bond donors (Lipinski definition) is 2. The molecule has 1 aliphatic rings. The van der Waals surface area contributed by atoms with E-state index >= 15 is 0 Å². The van der Waals surface area contributed by atoms with Gasteiger partial charge in [0.15, 0.2) is 0 Å². The number of likely N-dealkylation sites (tertiary alicyclic amines) is 1. The van der Waals surface area contributed by atoms with Crippen LogP contribution in [-0.2, 0) is 11.3 Å². The molecule has 1 aliphatic heterocycles. The summed E-state index contributed by atoms with van der Waals surface area (Å²) in [6.07, 6.45) is 6.01. The van der Waals surface area contributed by atoms with Crippen molar-refractivity contribution in [3.05, 3.63) is 101 Å². The lowest BCUT2D eigenvalue weighted by atomic mass is 9.96. The first kappa shape index (κ1) is 29.1. The van der Waals surface area contributed by atoms with Gasteiger partial charge in [0, 0.05) is 58.8 Å². The molecule has 43 heavy (non-hydrogen) atoms. The largest absolute Gasteiger partial charge is 0.465 e. The molecule has 7 nitrogen and oxygen atoms in total. The van der Waals surface area contributed by atoms with Crippen LogP contribution >= 0.6 is 11.6 Å². The minimum atomic E-state index is -0.370. The molecule has 8 heteroatoms. The number of carbonyl (C=O) groups is 1. The molecule has 0 radical (unpaired) electrons. The summed E-state index contributed by atoms with van der Waals surface area (Å²) < 4.78 is 4.90. The molecule has 3 heterocycles. The van der Waals surface area contributed by atoms with Crippen molar-refractivity contribution in [2.45, 2.75) is 19.4 Å². The Bertz CT molecular complexity index is 1720. The van der Waals surface area contributed by atoms with Gasteiger partial charge in [0.25, 0.3) is 0 Å². The average Bonchev–Trinajstić information content (AvgIpc) is 3.05. The highest BCUT2D eigenvalue weighted by Gasteiger charge is 2.19. The van der Waals surface area contributed by atoms with Gasteiger partial charge in [0.05, 0.1) is 18.2 Å². The molecule has 0 spiro atoms. The van der Waals surface area contributed by atoms with Crippen LogP contribution in [0.3, 0.4) is 0 Å². The predicted octanol–water partition coefficient (Wildman–Crippen LogP) is 6.80. The van der Waals surface area contributed by atoms with E-state index in [1.165, 1.54) is 25.5 Å². The zero-order chi connectivity index (χ0) is 29.6. The number of carbonyl (C=O) groups excluding carboxylic acids is 1. The number of halogens is 1. The van der Waals surface area contributed by atoms with E-state index in [9.17, 15) is 4.79 Å². The van der Waals surface area contributed by atoms with Crippen LogP contribution < -0.4 is 10.6 Å². The highest BCUT2D eigenvalue weighted by atomic mass is 35.5. The maximum absolute atomic E-state index is 12.1. The number of anilines is 1. The molecule has 0 bridgehead atoms. The molecule has 2 aromatic heterocycles. The van der Waals surface area contributed by atoms with Crippen molar-refractivity contribution in [1.29, 1.82) is 0 Å². The van der Waals surface area contributed by atoms with Crippen LogP contribution in [0.2, 0.25) is 5.02 Å². The molecule has 2 N–H and O–H groups in total. The lowest BCUT2D eigenvalue weighted by Gasteiger charge is -2.32. The van der Waals surface area contributed by atoms with E-state index in [4.69, 9.17) is 21.3 Å². The maximum atomic E-state index is 12.1. The van der Waals surface area contributed by atoms with Gasteiger partial charge in [-0.2, -0.15) is 0 Å². The monoisotopic (exact) mass is 593 g/mol. The fraction of sp³-hybridized carbons (Fsp3) is 0.286. The van der Waals surface area contributed by atoms with E-state index in [-0.39, 0.29) is 5.97 Å². The molecule has 0 aliphatic carbocycles. The second-order valence-electron chi connectivity index (χ2n) is 11.1. The molecule has 5 aromatic rings. The molecule has 6 rings (SSSR count). The van der Waals surface area contributed by atoms with Gasteiger partial charge in [0.1, 0.15) is 5.82 Å². The van der Waals surface area contributed by atoms with E-state index < -0.39 is 0 Å². The molecule has 1 saturated heterocycles. The number of methoxy groups -OCH3 is 1. The van der Waals surface area contributed by atoms with Gasteiger partial charge < -0.3 is 20.3 Å². The maximum Gasteiger partial charge on any atom is 0.337 e. The van der Waals surface area contributed by atoms with Crippen molar-refractivity contribution >= 4 is 45.1 Å². The minimum absolute atomic E-state index is 0.370. The van der Waals surface area contributed by atoms with E-state index in [0.29, 0.717) is 11.5 Å². The van der Waals surface area contributed by atoms with Gasteiger partial charge in [-0.15, -0.1) is 0 Å². The summed E-state index contributed by atoms with van der Waals surface area (Å²) in [4.78, 5) is 23.8. The summed E-state index contributed by atoms with van der Waals surface area (Å²) in [6.45, 7) is 5.74. The Morgan fingerprint density at radius 3 is 2.63 bits per heavy atom. The molecule has 0 atom stereocenters. The van der Waals surface area contributed by atoms with Crippen LogP contribution in [0.4, 0.5) is 5.82 Å². The summed E-state index contributed by atoms with van der Waals surface area (Å²) in [5.41, 5.74) is 4.65. The molecule has 1 fully saturated rings. The van der Waals surface area contributed by atoms with Gasteiger partial charge in [0.2, 0.25) is 0 Å². The van der Waals surface area contributed by atoms with Gasteiger partial charge in [-0.1, -0.05) is 60.1 Å². The molecular formula is C35H36ClN5O2. The topological polar surface area (TPSA) is 79.4 Å². The van der Waals surface area contributed by atoms with Gasteiger partial charge >= 0.3 is 5.97 Å². The molecule has 0 unspecified atom stereocenters. The Morgan fingerprint density at radius 1 is 1.00 bits per heavy atom. The van der Waals surface area contributed by atoms with Crippen LogP contribution in [0.25, 0.3) is 32.8 Å². The molecule has 0 saturated carbocycles. The number of hydrogen-bond acceptors (Lipinski definition) is 7. The third-order valence-electron chi connectivity index (χ3n) is 8.33. The van der Waals surface area contributed by atoms with E-state index in [1.807, 2.05) is 36.5 Å². The Labute approximate surface area is 257 Å². The van der Waals surface area contributed by atoms with E-state index in [1.54, 1.807) is 18.3 Å². The van der Waals surface area contributed by atoms with Crippen LogP contribution in [-0.4, -0.2) is 60.7 Å². The minimum Gasteiger partial charge on any atom is -0.465 e. The quantitative estimate of drug-likeness (QED) is 0.136. The SMILES string of the molecule is COC(=O)c1ccc2c(c1)nc(NCCN1CCC(CNCc3ccc(-c4ccccc4)c(Cl)c3)CC1)c1ccncc12. The molecule has 220 valence electrons. The van der Waals surface area contributed by atoms with Gasteiger partial charge in [-0.05, 0) is 73.8 Å². The number of aromatic nitrogens is 2. The highest BCUT2D eigenvalue weighted by molar-refractivity contribution is 6.33. The zero-order valence-corrected chi connectivity index (χ0v) is 25.1. The second kappa shape index (κ2) is 13.5. The summed E-state index contributed by atoms with van der Waals surface area (Å²) in [5, 5.41) is 11.0. The first-order chi connectivity index (χ1) is 21.1. The Hall–Kier alpha value is -4.04. The number of pyridine rings is 2. The summed E-state index contributed by atoms with van der Waals surface area (Å²) in [7, 11) is 1.39. The molecule has 3 aromatic carbocycles. The Kier molecular flexibility index (Phi) is 9.13. The number of benzene rings is 3. The van der Waals surface area contributed by atoms with Crippen LogP contribution in [0.15, 0.2) is 85.2 Å². The van der Waals surface area contributed by atoms with Crippen molar-refractivity contribution < 1.29 is 9.53 Å². The number of ether oxygens (including phenoxy) is 1.